The number of nitrogens with one attached hydrogen (secondary N) is 2. The normalized spacial score (nSPS) is 14.0. The van der Waals surface area contributed by atoms with E-state index in [1.165, 1.54) is 12.1 Å². The Kier molecular flexibility index (Phi) is 11.9. The van der Waals surface area contributed by atoms with E-state index in [1.807, 2.05) is 27.7 Å². The molecule has 0 fully saturated rings. The van der Waals surface area contributed by atoms with Crippen LogP contribution in [-0.2, 0) is 20.6 Å². The summed E-state index contributed by atoms with van der Waals surface area (Å²) in [6, 6.07) is 4.15. The zero-order valence-electron chi connectivity index (χ0n) is 19.5. The number of nitrogens with two attached hydrogens (primary N) is 1. The van der Waals surface area contributed by atoms with Crippen LogP contribution < -0.4 is 16.4 Å². The molecule has 4 N–H and O–H groups in total. The summed E-state index contributed by atoms with van der Waals surface area (Å²) in [6.07, 6.45) is -15.9. The number of carbonyl (C=O) groups is 3. The van der Waals surface area contributed by atoms with Crippen molar-refractivity contribution in [1.29, 1.82) is 0 Å². The van der Waals surface area contributed by atoms with E-state index < -0.39 is 41.7 Å². The highest BCUT2D eigenvalue weighted by molar-refractivity contribution is 6.41. The number of rotatable bonds is 8. The number of amides is 1. The highest BCUT2D eigenvalue weighted by Gasteiger charge is 2.54. The van der Waals surface area contributed by atoms with Crippen LogP contribution in [0.1, 0.15) is 33.3 Å². The molecule has 0 aromatic heterocycles. The van der Waals surface area contributed by atoms with Crippen LogP contribution in [0.2, 0.25) is 0 Å². The van der Waals surface area contributed by atoms with Crippen molar-refractivity contribution in [2.75, 3.05) is 11.9 Å². The molecule has 6 nitrogen and oxygen atoms in total. The monoisotopic (exact) mass is 539 g/mol. The fraction of sp³-hybridized carbons (Fsp3) is 0.571. The second kappa shape index (κ2) is 12.9. The van der Waals surface area contributed by atoms with Gasteiger partial charge in [0.15, 0.2) is 0 Å². The van der Waals surface area contributed by atoms with Gasteiger partial charge in [0.1, 0.15) is 0 Å². The van der Waals surface area contributed by atoms with Gasteiger partial charge in [0, 0.05) is 18.3 Å². The molecule has 0 bridgehead atoms. The molecule has 0 heterocycles. The molecule has 0 saturated carbocycles. The van der Waals surface area contributed by atoms with Crippen LogP contribution in [0.4, 0.5) is 45.2 Å². The molecule has 0 saturated heterocycles. The standard InChI is InChI=1S/C17H26F3N3O.C4F6O2/c1-10(2)14(9-22-16(24)15(21)11(3)4)23-13-7-5-12(6-8-13)17(18,19)20;5-3(6,7)1(11)2(12)4(8,9)10/h5-8,10-11,14-15,23H,9,21H2,1-4H3,(H,22,24);/t14-,15-;/m0./s1. The second-order valence-electron chi connectivity index (χ2n) is 8.24. The molecule has 2 atom stereocenters. The lowest BCUT2D eigenvalue weighted by Crippen LogP contribution is -2.48. The Bertz CT molecular complexity index is 854. The van der Waals surface area contributed by atoms with Crippen molar-refractivity contribution in [1.82, 2.24) is 5.32 Å². The Balaban J connectivity index is 0.000000860. The molecule has 36 heavy (non-hydrogen) atoms. The Morgan fingerprint density at radius 1 is 0.778 bits per heavy atom. The number of Topliss-reactive ketones (excluding diaryl/α,β-unsaturated/α-hetero) is 2. The number of hydrogen-bond donors (Lipinski definition) is 3. The molecule has 0 radical (unpaired) electrons. The lowest BCUT2D eigenvalue weighted by atomic mass is 10.0. The maximum absolute atomic E-state index is 12.6. The Morgan fingerprint density at radius 2 is 1.19 bits per heavy atom. The zero-order valence-corrected chi connectivity index (χ0v) is 19.5. The van der Waals surface area contributed by atoms with Crippen molar-refractivity contribution < 1.29 is 53.9 Å². The van der Waals surface area contributed by atoms with Gasteiger partial charge in [-0.05, 0) is 36.1 Å². The van der Waals surface area contributed by atoms with E-state index in [1.54, 1.807) is 0 Å². The second-order valence-corrected chi connectivity index (χ2v) is 8.24. The van der Waals surface area contributed by atoms with E-state index in [9.17, 15) is 53.9 Å². The van der Waals surface area contributed by atoms with E-state index in [4.69, 9.17) is 5.73 Å². The Hall–Kier alpha value is -2.84. The molecular formula is C21H26F9N3O3. The van der Waals surface area contributed by atoms with Crippen molar-refractivity contribution in [3.8, 4) is 0 Å². The fourth-order valence-electron chi connectivity index (χ4n) is 2.31. The number of alkyl halides is 9. The van der Waals surface area contributed by atoms with Gasteiger partial charge in [0.2, 0.25) is 5.91 Å². The number of hydrogen-bond acceptors (Lipinski definition) is 5. The predicted molar refractivity (Wildman–Crippen MR) is 112 cm³/mol. The summed E-state index contributed by atoms with van der Waals surface area (Å²) in [5.74, 6) is -6.84. The predicted octanol–water partition coefficient (Wildman–Crippen LogP) is 4.49. The third-order valence-corrected chi connectivity index (χ3v) is 4.61. The third-order valence-electron chi connectivity index (χ3n) is 4.61. The van der Waals surface area contributed by atoms with Gasteiger partial charge in [0.05, 0.1) is 11.6 Å². The van der Waals surface area contributed by atoms with Crippen molar-refractivity contribution in [2.45, 2.75) is 58.3 Å². The largest absolute Gasteiger partial charge is 0.458 e. The zero-order chi connectivity index (χ0) is 28.6. The molecule has 1 rings (SSSR count). The van der Waals surface area contributed by atoms with Crippen LogP contribution in [0.3, 0.4) is 0 Å². The molecule has 0 spiro atoms. The van der Waals surface area contributed by atoms with Crippen molar-refractivity contribution >= 4 is 23.2 Å². The minimum absolute atomic E-state index is 0.0328. The van der Waals surface area contributed by atoms with E-state index in [-0.39, 0.29) is 23.8 Å². The maximum Gasteiger partial charge on any atom is 0.458 e. The first-order valence-electron chi connectivity index (χ1n) is 10.3. The lowest BCUT2D eigenvalue weighted by Gasteiger charge is -2.25. The van der Waals surface area contributed by atoms with E-state index in [0.717, 1.165) is 12.1 Å². The van der Waals surface area contributed by atoms with E-state index in [2.05, 4.69) is 10.6 Å². The third kappa shape index (κ3) is 11.3. The van der Waals surface area contributed by atoms with Gasteiger partial charge < -0.3 is 16.4 Å². The molecule has 0 aliphatic carbocycles. The van der Waals surface area contributed by atoms with Gasteiger partial charge >= 0.3 is 30.1 Å². The quantitative estimate of drug-likeness (QED) is 0.334. The van der Waals surface area contributed by atoms with Gasteiger partial charge in [-0.2, -0.15) is 39.5 Å². The molecular weight excluding hydrogens is 513 g/mol. The van der Waals surface area contributed by atoms with Gasteiger partial charge in [-0.15, -0.1) is 0 Å². The molecule has 1 aromatic carbocycles. The van der Waals surface area contributed by atoms with E-state index >= 15 is 0 Å². The summed E-state index contributed by atoms with van der Waals surface area (Å²) in [5.41, 5.74) is 5.68. The SMILES string of the molecule is CC(C)[C@H](CNC(=O)[C@@H](N)C(C)C)Nc1ccc(C(F)(F)F)cc1.O=C(C(=O)C(F)(F)F)C(F)(F)F. The van der Waals surface area contributed by atoms with Gasteiger partial charge in [-0.1, -0.05) is 27.7 Å². The van der Waals surface area contributed by atoms with Crippen LogP contribution in [0.5, 0.6) is 0 Å². The number of halogens is 9. The number of anilines is 1. The van der Waals surface area contributed by atoms with Crippen molar-refractivity contribution in [3.63, 3.8) is 0 Å². The Morgan fingerprint density at radius 3 is 1.50 bits per heavy atom. The average molecular weight is 539 g/mol. The van der Waals surface area contributed by atoms with Crippen LogP contribution in [0, 0.1) is 11.8 Å². The fourth-order valence-corrected chi connectivity index (χ4v) is 2.31. The summed E-state index contributed by atoms with van der Waals surface area (Å²) in [6.45, 7) is 8.01. The molecule has 1 aromatic rings. The summed E-state index contributed by atoms with van der Waals surface area (Å²) >= 11 is 0. The highest BCUT2D eigenvalue weighted by Crippen LogP contribution is 2.30. The molecule has 0 unspecified atom stereocenters. The molecule has 15 heteroatoms. The van der Waals surface area contributed by atoms with Crippen LogP contribution >= 0.6 is 0 Å². The minimum atomic E-state index is -5.77. The first-order valence-corrected chi connectivity index (χ1v) is 10.3. The van der Waals surface area contributed by atoms with Crippen LogP contribution in [-0.4, -0.2) is 48.5 Å². The first kappa shape index (κ1) is 33.2. The molecule has 206 valence electrons. The maximum atomic E-state index is 12.6. The highest BCUT2D eigenvalue weighted by atomic mass is 19.4. The van der Waals surface area contributed by atoms with Crippen LogP contribution in [0.25, 0.3) is 0 Å². The van der Waals surface area contributed by atoms with Crippen LogP contribution in [0.15, 0.2) is 24.3 Å². The molecule has 0 aliphatic heterocycles. The van der Waals surface area contributed by atoms with E-state index in [0.29, 0.717) is 12.2 Å². The summed E-state index contributed by atoms with van der Waals surface area (Å²) in [4.78, 5) is 31.2. The summed E-state index contributed by atoms with van der Waals surface area (Å²) in [7, 11) is 0. The summed E-state index contributed by atoms with van der Waals surface area (Å²) < 4.78 is 105. The molecule has 1 amide bonds. The first-order chi connectivity index (χ1) is 16.1. The van der Waals surface area contributed by atoms with Gasteiger partial charge in [0.25, 0.3) is 0 Å². The van der Waals surface area contributed by atoms with Gasteiger partial charge in [-0.25, -0.2) is 0 Å². The van der Waals surface area contributed by atoms with Crippen molar-refractivity contribution in [3.05, 3.63) is 29.8 Å². The minimum Gasteiger partial charge on any atom is -0.380 e. The lowest BCUT2D eigenvalue weighted by molar-refractivity contribution is -0.193. The smallest absolute Gasteiger partial charge is 0.380 e. The molecule has 0 aliphatic rings. The van der Waals surface area contributed by atoms with Crippen molar-refractivity contribution in [2.24, 2.45) is 17.6 Å². The number of carbonyl (C=O) groups excluding carboxylic acids is 3. The van der Waals surface area contributed by atoms with Gasteiger partial charge in [-0.3, -0.25) is 14.4 Å². The Labute approximate surface area is 200 Å². The number of benzene rings is 1. The average Bonchev–Trinajstić information content (AvgIpc) is 2.73. The number of ketones is 2. The summed E-state index contributed by atoms with van der Waals surface area (Å²) in [5, 5.41) is 5.95. The topological polar surface area (TPSA) is 101 Å².